The monoisotopic (exact) mass is 261 g/mol. The minimum absolute atomic E-state index is 0.511. The van der Waals surface area contributed by atoms with Gasteiger partial charge < -0.3 is 10.8 Å². The molecule has 0 spiro atoms. The van der Waals surface area contributed by atoms with Gasteiger partial charge in [-0.3, -0.25) is 0 Å². The molecule has 1 aromatic heterocycles. The Balaban J connectivity index is 2.53. The minimum Gasteiger partial charge on any atom is -0.480 e. The summed E-state index contributed by atoms with van der Waals surface area (Å²) in [4.78, 5) is 12.1. The third-order valence-electron chi connectivity index (χ3n) is 2.39. The maximum absolute atomic E-state index is 11.0. The van der Waals surface area contributed by atoms with E-state index in [9.17, 15) is 4.79 Å². The van der Waals surface area contributed by atoms with E-state index >= 15 is 0 Å². The minimum atomic E-state index is -1.15. The van der Waals surface area contributed by atoms with Gasteiger partial charge in [0.2, 0.25) is 0 Å². The molecule has 2 rings (SSSR count). The van der Waals surface area contributed by atoms with Crippen LogP contribution < -0.4 is 5.73 Å². The van der Waals surface area contributed by atoms with Crippen LogP contribution in [-0.2, 0) is 16.8 Å². The summed E-state index contributed by atoms with van der Waals surface area (Å²) in [5, 5.41) is 8.99. The standard InChI is InChI=1S/C8H8BrNO2S/c9-6-3-4-5(13-6)1-2-8(4,10)7(11)12/h3H,1-2,10H2,(H,11,12). The number of hydrogen-bond acceptors (Lipinski definition) is 3. The number of halogens is 1. The maximum atomic E-state index is 11.0. The summed E-state index contributed by atoms with van der Waals surface area (Å²) in [5.74, 6) is -0.934. The highest BCUT2D eigenvalue weighted by Gasteiger charge is 2.43. The van der Waals surface area contributed by atoms with Gasteiger partial charge in [-0.2, -0.15) is 0 Å². The van der Waals surface area contributed by atoms with Crippen LogP contribution in [0.5, 0.6) is 0 Å². The predicted molar refractivity (Wildman–Crippen MR) is 53.8 cm³/mol. The van der Waals surface area contributed by atoms with Crippen LogP contribution in [0.3, 0.4) is 0 Å². The fourth-order valence-corrected chi connectivity index (χ4v) is 3.41. The molecule has 13 heavy (non-hydrogen) atoms. The number of carboxylic acid groups (broad SMARTS) is 1. The molecule has 0 saturated carbocycles. The topological polar surface area (TPSA) is 63.3 Å². The van der Waals surface area contributed by atoms with Gasteiger partial charge in [-0.05, 0) is 40.4 Å². The third kappa shape index (κ3) is 1.22. The summed E-state index contributed by atoms with van der Waals surface area (Å²) in [7, 11) is 0. The van der Waals surface area contributed by atoms with E-state index in [1.54, 1.807) is 11.3 Å². The molecule has 3 nitrogen and oxygen atoms in total. The first-order chi connectivity index (χ1) is 6.04. The molecular formula is C8H8BrNO2S. The molecule has 0 amide bonds. The van der Waals surface area contributed by atoms with Crippen LogP contribution in [0.25, 0.3) is 0 Å². The summed E-state index contributed by atoms with van der Waals surface area (Å²) in [6.45, 7) is 0. The normalized spacial score (nSPS) is 26.0. The van der Waals surface area contributed by atoms with E-state index in [0.29, 0.717) is 6.42 Å². The van der Waals surface area contributed by atoms with Gasteiger partial charge in [0.15, 0.2) is 0 Å². The van der Waals surface area contributed by atoms with Crippen molar-refractivity contribution in [2.75, 3.05) is 0 Å². The lowest BCUT2D eigenvalue weighted by Gasteiger charge is -2.17. The van der Waals surface area contributed by atoms with Gasteiger partial charge in [0, 0.05) is 4.88 Å². The lowest BCUT2D eigenvalue weighted by molar-refractivity contribution is -0.143. The van der Waals surface area contributed by atoms with Gasteiger partial charge in [0.05, 0.1) is 3.79 Å². The lowest BCUT2D eigenvalue weighted by Crippen LogP contribution is -2.42. The summed E-state index contributed by atoms with van der Waals surface area (Å²) in [5.41, 5.74) is 5.43. The Hall–Kier alpha value is -0.390. The molecule has 5 heteroatoms. The Morgan fingerprint density at radius 1 is 1.77 bits per heavy atom. The van der Waals surface area contributed by atoms with E-state index in [1.165, 1.54) is 0 Å². The van der Waals surface area contributed by atoms with Crippen LogP contribution in [-0.4, -0.2) is 11.1 Å². The smallest absolute Gasteiger partial charge is 0.328 e. The highest BCUT2D eigenvalue weighted by molar-refractivity contribution is 9.11. The molecule has 0 radical (unpaired) electrons. The second kappa shape index (κ2) is 2.80. The number of fused-ring (bicyclic) bond motifs is 1. The van der Waals surface area contributed by atoms with Gasteiger partial charge >= 0.3 is 5.97 Å². The van der Waals surface area contributed by atoms with Crippen molar-refractivity contribution in [2.24, 2.45) is 5.73 Å². The van der Waals surface area contributed by atoms with Crippen molar-refractivity contribution in [3.05, 3.63) is 20.3 Å². The molecule has 0 saturated heterocycles. The fraction of sp³-hybridized carbons (Fsp3) is 0.375. The Bertz CT molecular complexity index is 376. The number of aryl methyl sites for hydroxylation is 1. The molecule has 1 aromatic rings. The number of thiophene rings is 1. The summed E-state index contributed by atoms with van der Waals surface area (Å²) in [6, 6.07) is 1.82. The van der Waals surface area contributed by atoms with Crippen molar-refractivity contribution in [3.63, 3.8) is 0 Å². The van der Waals surface area contributed by atoms with E-state index in [1.807, 2.05) is 6.07 Å². The number of carbonyl (C=O) groups is 1. The van der Waals surface area contributed by atoms with Gasteiger partial charge in [-0.15, -0.1) is 11.3 Å². The highest BCUT2D eigenvalue weighted by Crippen LogP contribution is 2.41. The first-order valence-corrected chi connectivity index (χ1v) is 5.46. The largest absolute Gasteiger partial charge is 0.480 e. The number of rotatable bonds is 1. The van der Waals surface area contributed by atoms with E-state index in [4.69, 9.17) is 10.8 Å². The van der Waals surface area contributed by atoms with E-state index < -0.39 is 11.5 Å². The number of carboxylic acids is 1. The predicted octanol–water partition coefficient (Wildman–Crippen LogP) is 1.70. The van der Waals surface area contributed by atoms with Crippen LogP contribution >= 0.6 is 27.3 Å². The average molecular weight is 262 g/mol. The van der Waals surface area contributed by atoms with Gasteiger partial charge in [-0.25, -0.2) is 4.79 Å². The quantitative estimate of drug-likeness (QED) is 0.809. The molecule has 0 aliphatic heterocycles. The second-order valence-electron chi connectivity index (χ2n) is 3.16. The Morgan fingerprint density at radius 3 is 3.08 bits per heavy atom. The van der Waals surface area contributed by atoms with Crippen LogP contribution in [0.15, 0.2) is 9.85 Å². The summed E-state index contributed by atoms with van der Waals surface area (Å²) >= 11 is 4.90. The van der Waals surface area contributed by atoms with Crippen LogP contribution in [0.1, 0.15) is 16.9 Å². The molecule has 70 valence electrons. The first kappa shape index (κ1) is 9.18. The van der Waals surface area contributed by atoms with Gasteiger partial charge in [0.1, 0.15) is 5.54 Å². The Morgan fingerprint density at radius 2 is 2.46 bits per heavy atom. The zero-order valence-corrected chi connectivity index (χ0v) is 9.11. The van der Waals surface area contributed by atoms with E-state index in [0.717, 1.165) is 20.6 Å². The van der Waals surface area contributed by atoms with Crippen molar-refractivity contribution in [1.29, 1.82) is 0 Å². The highest BCUT2D eigenvalue weighted by atomic mass is 79.9. The number of nitrogens with two attached hydrogens (primary N) is 1. The first-order valence-electron chi connectivity index (χ1n) is 3.85. The number of aliphatic carboxylic acids is 1. The zero-order valence-electron chi connectivity index (χ0n) is 6.71. The van der Waals surface area contributed by atoms with Crippen molar-refractivity contribution in [2.45, 2.75) is 18.4 Å². The number of hydrogen-bond donors (Lipinski definition) is 2. The van der Waals surface area contributed by atoms with Crippen molar-refractivity contribution in [3.8, 4) is 0 Å². The second-order valence-corrected chi connectivity index (χ2v) is 5.68. The molecular weight excluding hydrogens is 254 g/mol. The summed E-state index contributed by atoms with van der Waals surface area (Å²) in [6.07, 6.45) is 1.28. The SMILES string of the molecule is NC1(C(=O)O)CCc2sc(Br)cc21. The van der Waals surface area contributed by atoms with Crippen LogP contribution in [0.4, 0.5) is 0 Å². The van der Waals surface area contributed by atoms with Crippen LogP contribution in [0, 0.1) is 0 Å². The fourth-order valence-electron chi connectivity index (χ4n) is 1.63. The molecule has 1 aliphatic carbocycles. The molecule has 0 bridgehead atoms. The molecule has 1 unspecified atom stereocenters. The van der Waals surface area contributed by atoms with Crippen molar-refractivity contribution >= 4 is 33.2 Å². The van der Waals surface area contributed by atoms with Crippen molar-refractivity contribution in [1.82, 2.24) is 0 Å². The maximum Gasteiger partial charge on any atom is 0.328 e. The third-order valence-corrected chi connectivity index (χ3v) is 4.09. The zero-order chi connectivity index (χ0) is 9.64. The molecule has 1 heterocycles. The Labute approximate surface area is 87.7 Å². The van der Waals surface area contributed by atoms with Gasteiger partial charge in [0.25, 0.3) is 0 Å². The molecule has 1 atom stereocenters. The Kier molecular flexibility index (Phi) is 1.98. The summed E-state index contributed by atoms with van der Waals surface area (Å²) < 4.78 is 0.952. The van der Waals surface area contributed by atoms with Crippen LogP contribution in [0.2, 0.25) is 0 Å². The van der Waals surface area contributed by atoms with E-state index in [2.05, 4.69) is 15.9 Å². The molecule has 0 aromatic carbocycles. The molecule has 1 aliphatic rings. The van der Waals surface area contributed by atoms with Gasteiger partial charge in [-0.1, -0.05) is 0 Å². The molecule has 3 N–H and O–H groups in total. The molecule has 0 fully saturated rings. The lowest BCUT2D eigenvalue weighted by atomic mass is 9.95. The van der Waals surface area contributed by atoms with E-state index in [-0.39, 0.29) is 0 Å². The average Bonchev–Trinajstić information content (AvgIpc) is 2.53. The van der Waals surface area contributed by atoms with Crippen molar-refractivity contribution < 1.29 is 9.90 Å².